The molecule has 3 heterocycles. The molecule has 0 spiro atoms. The van der Waals surface area contributed by atoms with Crippen LogP contribution in [0.15, 0.2) is 33.2 Å². The maximum Gasteiger partial charge on any atom is 0.236 e. The van der Waals surface area contributed by atoms with Crippen LogP contribution >= 0.6 is 11.3 Å². The molecule has 0 amide bonds. The number of aliphatic imine (C=N–C) groups is 1. The molecule has 7 nitrogen and oxygen atoms in total. The molecule has 29 heavy (non-hydrogen) atoms. The highest BCUT2D eigenvalue weighted by molar-refractivity contribution is 7.13. The number of morpholine rings is 1. The molecule has 1 atom stereocenters. The van der Waals surface area contributed by atoms with Crippen LogP contribution < -0.4 is 10.6 Å². The van der Waals surface area contributed by atoms with Crippen molar-refractivity contribution in [3.8, 4) is 10.8 Å². The summed E-state index contributed by atoms with van der Waals surface area (Å²) in [6.07, 6.45) is 2.84. The van der Waals surface area contributed by atoms with Gasteiger partial charge >= 0.3 is 0 Å². The van der Waals surface area contributed by atoms with Gasteiger partial charge in [0.1, 0.15) is 12.0 Å². The van der Waals surface area contributed by atoms with Crippen molar-refractivity contribution in [2.24, 2.45) is 10.9 Å². The Balaban J connectivity index is 1.58. The molecular formula is C21H33N5O2S. The van der Waals surface area contributed by atoms with E-state index in [1.54, 1.807) is 17.6 Å². The minimum absolute atomic E-state index is 0.472. The summed E-state index contributed by atoms with van der Waals surface area (Å²) in [6.45, 7) is 12.4. The molecule has 1 aliphatic heterocycles. The SMILES string of the molecule is CCNC(=NCc1coc(-c2cccs2)n1)NCC(CC(C)C)N1CCOCC1. The quantitative estimate of drug-likeness (QED) is 0.480. The highest BCUT2D eigenvalue weighted by Crippen LogP contribution is 2.23. The van der Waals surface area contributed by atoms with E-state index in [9.17, 15) is 0 Å². The second-order valence-electron chi connectivity index (χ2n) is 7.63. The summed E-state index contributed by atoms with van der Waals surface area (Å²) in [5.41, 5.74) is 0.831. The molecule has 160 valence electrons. The van der Waals surface area contributed by atoms with Gasteiger partial charge in [-0.3, -0.25) is 4.90 Å². The number of nitrogens with zero attached hydrogens (tertiary/aromatic N) is 3. The van der Waals surface area contributed by atoms with Crippen molar-refractivity contribution < 1.29 is 9.15 Å². The first-order valence-electron chi connectivity index (χ1n) is 10.5. The van der Waals surface area contributed by atoms with Gasteiger partial charge in [-0.1, -0.05) is 19.9 Å². The molecular weight excluding hydrogens is 386 g/mol. The van der Waals surface area contributed by atoms with Crippen LogP contribution in [-0.4, -0.2) is 61.3 Å². The van der Waals surface area contributed by atoms with Crippen LogP contribution in [0.3, 0.4) is 0 Å². The van der Waals surface area contributed by atoms with Crippen LogP contribution in [0, 0.1) is 5.92 Å². The Morgan fingerprint density at radius 3 is 2.83 bits per heavy atom. The van der Waals surface area contributed by atoms with E-state index in [4.69, 9.17) is 14.1 Å². The molecule has 1 saturated heterocycles. The van der Waals surface area contributed by atoms with E-state index in [-0.39, 0.29) is 0 Å². The molecule has 1 fully saturated rings. The van der Waals surface area contributed by atoms with Gasteiger partial charge in [-0.15, -0.1) is 11.3 Å². The van der Waals surface area contributed by atoms with Gasteiger partial charge in [0.25, 0.3) is 0 Å². The van der Waals surface area contributed by atoms with Crippen molar-refractivity contribution in [1.29, 1.82) is 0 Å². The second-order valence-corrected chi connectivity index (χ2v) is 8.58. The summed E-state index contributed by atoms with van der Waals surface area (Å²) in [5.74, 6) is 2.12. The van der Waals surface area contributed by atoms with Crippen LogP contribution in [0.1, 0.15) is 32.9 Å². The van der Waals surface area contributed by atoms with E-state index < -0.39 is 0 Å². The van der Waals surface area contributed by atoms with Gasteiger partial charge in [0.15, 0.2) is 5.96 Å². The number of hydrogen-bond acceptors (Lipinski definition) is 6. The number of rotatable bonds is 9. The second kappa shape index (κ2) is 11.3. The zero-order chi connectivity index (χ0) is 20.5. The van der Waals surface area contributed by atoms with Gasteiger partial charge < -0.3 is 19.8 Å². The third-order valence-corrected chi connectivity index (χ3v) is 5.70. The number of nitrogens with one attached hydrogen (secondary N) is 2. The first kappa shape index (κ1) is 21.8. The third kappa shape index (κ3) is 6.83. The fourth-order valence-corrected chi connectivity index (χ4v) is 4.11. The van der Waals surface area contributed by atoms with Gasteiger partial charge in [0, 0.05) is 32.2 Å². The van der Waals surface area contributed by atoms with Crippen LogP contribution in [-0.2, 0) is 11.3 Å². The molecule has 2 aromatic rings. The Bertz CT molecular complexity index is 738. The maximum atomic E-state index is 5.59. The van der Waals surface area contributed by atoms with Gasteiger partial charge in [-0.2, -0.15) is 0 Å². The number of aromatic nitrogens is 1. The van der Waals surface area contributed by atoms with Crippen LogP contribution in [0.4, 0.5) is 0 Å². The monoisotopic (exact) mass is 419 g/mol. The van der Waals surface area contributed by atoms with Crippen molar-refractivity contribution >= 4 is 17.3 Å². The van der Waals surface area contributed by atoms with Crippen LogP contribution in [0.2, 0.25) is 0 Å². The molecule has 1 unspecified atom stereocenters. The number of ether oxygens (including phenoxy) is 1. The van der Waals surface area contributed by atoms with Crippen LogP contribution in [0.5, 0.6) is 0 Å². The normalized spacial score (nSPS) is 16.9. The molecule has 8 heteroatoms. The Morgan fingerprint density at radius 1 is 1.31 bits per heavy atom. The molecule has 1 aliphatic rings. The number of thiophene rings is 1. The fourth-order valence-electron chi connectivity index (χ4n) is 3.46. The lowest BCUT2D eigenvalue weighted by molar-refractivity contribution is 0.0132. The summed E-state index contributed by atoms with van der Waals surface area (Å²) in [4.78, 5) is 12.8. The summed E-state index contributed by atoms with van der Waals surface area (Å²) in [6, 6.07) is 4.48. The minimum atomic E-state index is 0.472. The van der Waals surface area contributed by atoms with Gasteiger partial charge in [0.2, 0.25) is 5.89 Å². The predicted molar refractivity (Wildman–Crippen MR) is 118 cm³/mol. The number of guanidine groups is 1. The highest BCUT2D eigenvalue weighted by Gasteiger charge is 2.22. The molecule has 0 aromatic carbocycles. The lowest BCUT2D eigenvalue weighted by Gasteiger charge is -2.35. The van der Waals surface area contributed by atoms with E-state index in [2.05, 4.69) is 41.3 Å². The zero-order valence-corrected chi connectivity index (χ0v) is 18.5. The van der Waals surface area contributed by atoms with Gasteiger partial charge in [0.05, 0.1) is 24.6 Å². The molecule has 2 aromatic heterocycles. The summed E-state index contributed by atoms with van der Waals surface area (Å²) >= 11 is 1.62. The van der Waals surface area contributed by atoms with E-state index in [0.29, 0.717) is 24.4 Å². The predicted octanol–water partition coefficient (Wildman–Crippen LogP) is 3.21. The first-order chi connectivity index (χ1) is 14.2. The van der Waals surface area contributed by atoms with E-state index in [1.807, 2.05) is 17.5 Å². The standard InChI is InChI=1S/C21H33N5O2S/c1-4-22-21(23-13-17-15-28-20(25-17)19-6-5-11-29-19)24-14-18(12-16(2)3)26-7-9-27-10-8-26/h5-6,11,15-16,18H,4,7-10,12-14H2,1-3H3,(H2,22,23,24). The van der Waals surface area contributed by atoms with E-state index in [0.717, 1.165) is 62.3 Å². The maximum absolute atomic E-state index is 5.59. The molecule has 3 rings (SSSR count). The smallest absolute Gasteiger partial charge is 0.236 e. The largest absolute Gasteiger partial charge is 0.443 e. The summed E-state index contributed by atoms with van der Waals surface area (Å²) in [7, 11) is 0. The summed E-state index contributed by atoms with van der Waals surface area (Å²) < 4.78 is 11.1. The Kier molecular flexibility index (Phi) is 8.52. The van der Waals surface area contributed by atoms with Crippen molar-refractivity contribution in [3.05, 3.63) is 29.5 Å². The van der Waals surface area contributed by atoms with Crippen LogP contribution in [0.25, 0.3) is 10.8 Å². The molecule has 0 radical (unpaired) electrons. The number of hydrogen-bond donors (Lipinski definition) is 2. The fraction of sp³-hybridized carbons (Fsp3) is 0.619. The zero-order valence-electron chi connectivity index (χ0n) is 17.7. The minimum Gasteiger partial charge on any atom is -0.443 e. The first-order valence-corrected chi connectivity index (χ1v) is 11.4. The van der Waals surface area contributed by atoms with E-state index >= 15 is 0 Å². The average molecular weight is 420 g/mol. The van der Waals surface area contributed by atoms with E-state index in [1.165, 1.54) is 0 Å². The Morgan fingerprint density at radius 2 is 2.14 bits per heavy atom. The molecule has 0 aliphatic carbocycles. The lowest BCUT2D eigenvalue weighted by Crippen LogP contribution is -2.51. The van der Waals surface area contributed by atoms with Gasteiger partial charge in [-0.25, -0.2) is 9.98 Å². The Labute approximate surface area is 177 Å². The molecule has 0 bridgehead atoms. The van der Waals surface area contributed by atoms with Crippen molar-refractivity contribution in [1.82, 2.24) is 20.5 Å². The van der Waals surface area contributed by atoms with Crippen molar-refractivity contribution in [2.75, 3.05) is 39.4 Å². The lowest BCUT2D eigenvalue weighted by atomic mass is 10.0. The molecule has 2 N–H and O–H groups in total. The Hall–Kier alpha value is -1.90. The topological polar surface area (TPSA) is 74.9 Å². The number of oxazole rings is 1. The molecule has 0 saturated carbocycles. The van der Waals surface area contributed by atoms with Gasteiger partial charge in [-0.05, 0) is 30.7 Å². The highest BCUT2D eigenvalue weighted by atomic mass is 32.1. The summed E-state index contributed by atoms with van der Waals surface area (Å²) in [5, 5.41) is 8.89. The van der Waals surface area contributed by atoms with Crippen molar-refractivity contribution in [2.45, 2.75) is 39.8 Å². The average Bonchev–Trinajstić information content (AvgIpc) is 3.41. The third-order valence-electron chi connectivity index (χ3n) is 4.84. The van der Waals surface area contributed by atoms with Crippen molar-refractivity contribution in [3.63, 3.8) is 0 Å².